The summed E-state index contributed by atoms with van der Waals surface area (Å²) in [6, 6.07) is 14.4. The third-order valence-corrected chi connectivity index (χ3v) is 5.01. The first-order valence-electron chi connectivity index (χ1n) is 9.35. The van der Waals surface area contributed by atoms with Gasteiger partial charge in [0, 0.05) is 29.1 Å². The van der Waals surface area contributed by atoms with Crippen molar-refractivity contribution in [3.63, 3.8) is 0 Å². The summed E-state index contributed by atoms with van der Waals surface area (Å²) in [5.74, 6) is -0.283. The van der Waals surface area contributed by atoms with Gasteiger partial charge in [0.15, 0.2) is 0 Å². The molecule has 2 aromatic rings. The highest BCUT2D eigenvalue weighted by Gasteiger charge is 2.26. The number of nitrogens with one attached hydrogen (secondary N) is 1. The Balaban J connectivity index is 2.18. The van der Waals surface area contributed by atoms with Gasteiger partial charge in [-0.3, -0.25) is 9.59 Å². The average molecular weight is 421 g/mol. The topological polar surface area (TPSA) is 49.4 Å². The van der Waals surface area contributed by atoms with Gasteiger partial charge in [0.1, 0.15) is 6.04 Å². The van der Waals surface area contributed by atoms with Crippen molar-refractivity contribution in [3.05, 3.63) is 69.7 Å². The maximum Gasteiger partial charge on any atom is 0.242 e. The van der Waals surface area contributed by atoms with Crippen molar-refractivity contribution in [1.29, 1.82) is 0 Å². The Hall–Kier alpha value is -2.04. The molecule has 150 valence electrons. The van der Waals surface area contributed by atoms with E-state index in [0.717, 1.165) is 11.1 Å². The van der Waals surface area contributed by atoms with Crippen LogP contribution in [0.3, 0.4) is 0 Å². The Morgan fingerprint density at radius 3 is 2.32 bits per heavy atom. The van der Waals surface area contributed by atoms with Crippen molar-refractivity contribution in [2.45, 2.75) is 52.2 Å². The Kier molecular flexibility index (Phi) is 8.34. The maximum absolute atomic E-state index is 13.0. The molecule has 0 aliphatic rings. The van der Waals surface area contributed by atoms with E-state index in [9.17, 15) is 9.59 Å². The third-order valence-electron chi connectivity index (χ3n) is 4.42. The molecule has 1 N–H and O–H groups in total. The minimum Gasteiger partial charge on any atom is -0.352 e. The lowest BCUT2D eigenvalue weighted by atomic mass is 10.1. The summed E-state index contributed by atoms with van der Waals surface area (Å²) in [7, 11) is 0. The van der Waals surface area contributed by atoms with E-state index in [1.807, 2.05) is 44.2 Å². The SMILES string of the molecule is CC(C)NC(=O)[C@H](C)N(Cc1ccc(Cl)cc1Cl)C(=O)CCc1ccccc1. The van der Waals surface area contributed by atoms with Crippen LogP contribution < -0.4 is 5.32 Å². The molecule has 0 unspecified atom stereocenters. The summed E-state index contributed by atoms with van der Waals surface area (Å²) >= 11 is 12.3. The lowest BCUT2D eigenvalue weighted by Gasteiger charge is -2.29. The fraction of sp³-hybridized carbons (Fsp3) is 0.364. The number of halogens is 2. The van der Waals surface area contributed by atoms with Crippen molar-refractivity contribution < 1.29 is 9.59 Å². The first-order chi connectivity index (χ1) is 13.3. The van der Waals surface area contributed by atoms with Gasteiger partial charge >= 0.3 is 0 Å². The zero-order chi connectivity index (χ0) is 20.7. The monoisotopic (exact) mass is 420 g/mol. The Morgan fingerprint density at radius 2 is 1.71 bits per heavy atom. The standard InChI is InChI=1S/C22H26Cl2N2O2/c1-15(2)25-22(28)16(3)26(14-18-10-11-19(23)13-20(18)24)21(27)12-9-17-7-5-4-6-8-17/h4-8,10-11,13,15-16H,9,12,14H2,1-3H3,(H,25,28)/t16-/m0/s1. The molecule has 0 radical (unpaired) electrons. The highest BCUT2D eigenvalue weighted by molar-refractivity contribution is 6.35. The van der Waals surface area contributed by atoms with E-state index in [1.165, 1.54) is 0 Å². The first kappa shape index (κ1) is 22.3. The Morgan fingerprint density at radius 1 is 1.04 bits per heavy atom. The molecule has 0 saturated carbocycles. The van der Waals surface area contributed by atoms with E-state index in [4.69, 9.17) is 23.2 Å². The molecule has 2 aromatic carbocycles. The quantitative estimate of drug-likeness (QED) is 0.661. The van der Waals surface area contributed by atoms with Crippen molar-refractivity contribution in [3.8, 4) is 0 Å². The minimum atomic E-state index is -0.614. The number of carbonyl (C=O) groups is 2. The van der Waals surface area contributed by atoms with Crippen molar-refractivity contribution in [1.82, 2.24) is 10.2 Å². The highest BCUT2D eigenvalue weighted by Crippen LogP contribution is 2.23. The molecule has 0 fully saturated rings. The van der Waals surface area contributed by atoms with Crippen LogP contribution in [0, 0.1) is 0 Å². The second-order valence-corrected chi connectivity index (χ2v) is 7.93. The van der Waals surface area contributed by atoms with Gasteiger partial charge < -0.3 is 10.2 Å². The number of amides is 2. The summed E-state index contributed by atoms with van der Waals surface area (Å²) in [4.78, 5) is 27.1. The fourth-order valence-electron chi connectivity index (χ4n) is 2.86. The Labute approximate surface area is 176 Å². The predicted octanol–water partition coefficient (Wildman–Crippen LogP) is 4.87. The molecule has 0 aliphatic carbocycles. The summed E-state index contributed by atoms with van der Waals surface area (Å²) in [6.07, 6.45) is 0.928. The molecule has 1 atom stereocenters. The van der Waals surface area contributed by atoms with Crippen LogP contribution in [-0.4, -0.2) is 28.8 Å². The summed E-state index contributed by atoms with van der Waals surface area (Å²) in [5, 5.41) is 3.88. The average Bonchev–Trinajstić information content (AvgIpc) is 2.65. The van der Waals surface area contributed by atoms with E-state index in [2.05, 4.69) is 5.32 Å². The smallest absolute Gasteiger partial charge is 0.242 e. The number of nitrogens with zero attached hydrogens (tertiary/aromatic N) is 1. The summed E-state index contributed by atoms with van der Waals surface area (Å²) < 4.78 is 0. The summed E-state index contributed by atoms with van der Waals surface area (Å²) in [5.41, 5.74) is 1.84. The van der Waals surface area contributed by atoms with Crippen LogP contribution >= 0.6 is 23.2 Å². The molecule has 0 spiro atoms. The van der Waals surface area contributed by atoms with Gasteiger partial charge in [-0.05, 0) is 50.5 Å². The van der Waals surface area contributed by atoms with Crippen LogP contribution in [0.25, 0.3) is 0 Å². The van der Waals surface area contributed by atoms with Crippen LogP contribution in [-0.2, 0) is 22.6 Å². The molecule has 28 heavy (non-hydrogen) atoms. The van der Waals surface area contributed by atoms with Gasteiger partial charge in [-0.2, -0.15) is 0 Å². The summed E-state index contributed by atoms with van der Waals surface area (Å²) in [6.45, 7) is 5.77. The van der Waals surface area contributed by atoms with Crippen molar-refractivity contribution >= 4 is 35.0 Å². The number of carbonyl (C=O) groups excluding carboxylic acids is 2. The molecular weight excluding hydrogens is 395 g/mol. The van der Waals surface area contributed by atoms with Gasteiger partial charge in [0.2, 0.25) is 11.8 Å². The van der Waals surface area contributed by atoms with Crippen LogP contribution in [0.4, 0.5) is 0 Å². The number of hydrogen-bond acceptors (Lipinski definition) is 2. The van der Waals surface area contributed by atoms with Crippen LogP contribution in [0.2, 0.25) is 10.0 Å². The molecule has 0 aliphatic heterocycles. The van der Waals surface area contributed by atoms with Crippen LogP contribution in [0.15, 0.2) is 48.5 Å². The van der Waals surface area contributed by atoms with E-state index < -0.39 is 6.04 Å². The zero-order valence-electron chi connectivity index (χ0n) is 16.4. The lowest BCUT2D eigenvalue weighted by molar-refractivity contribution is -0.140. The first-order valence-corrected chi connectivity index (χ1v) is 10.1. The second-order valence-electron chi connectivity index (χ2n) is 7.08. The number of rotatable bonds is 8. The molecule has 2 amide bonds. The van der Waals surface area contributed by atoms with Crippen LogP contribution in [0.1, 0.15) is 38.3 Å². The fourth-order valence-corrected chi connectivity index (χ4v) is 3.33. The number of benzene rings is 2. The second kappa shape index (κ2) is 10.5. The van der Waals surface area contributed by atoms with Gasteiger partial charge in [-0.15, -0.1) is 0 Å². The van der Waals surface area contributed by atoms with Gasteiger partial charge in [0.05, 0.1) is 0 Å². The number of aryl methyl sites for hydroxylation is 1. The highest BCUT2D eigenvalue weighted by atomic mass is 35.5. The normalized spacial score (nSPS) is 11.9. The van der Waals surface area contributed by atoms with E-state index in [0.29, 0.717) is 22.9 Å². The van der Waals surface area contributed by atoms with Crippen LogP contribution in [0.5, 0.6) is 0 Å². The van der Waals surface area contributed by atoms with E-state index in [1.54, 1.807) is 30.0 Å². The minimum absolute atomic E-state index is 0.00431. The molecule has 2 rings (SSSR count). The molecule has 0 aromatic heterocycles. The lowest BCUT2D eigenvalue weighted by Crippen LogP contribution is -2.49. The molecule has 0 heterocycles. The zero-order valence-corrected chi connectivity index (χ0v) is 17.9. The molecule has 4 nitrogen and oxygen atoms in total. The number of hydrogen-bond donors (Lipinski definition) is 1. The molecule has 0 bridgehead atoms. The molecule has 0 saturated heterocycles. The van der Waals surface area contributed by atoms with Gasteiger partial charge in [-0.25, -0.2) is 0 Å². The molecular formula is C22H26Cl2N2O2. The van der Waals surface area contributed by atoms with Gasteiger partial charge in [-0.1, -0.05) is 59.6 Å². The largest absolute Gasteiger partial charge is 0.352 e. The van der Waals surface area contributed by atoms with Crippen molar-refractivity contribution in [2.24, 2.45) is 0 Å². The Bertz CT molecular complexity index is 809. The molecule has 6 heteroatoms. The van der Waals surface area contributed by atoms with Crippen molar-refractivity contribution in [2.75, 3.05) is 0 Å². The van der Waals surface area contributed by atoms with E-state index >= 15 is 0 Å². The predicted molar refractivity (Wildman–Crippen MR) is 115 cm³/mol. The maximum atomic E-state index is 13.0. The van der Waals surface area contributed by atoms with E-state index in [-0.39, 0.29) is 24.4 Å². The van der Waals surface area contributed by atoms with Gasteiger partial charge in [0.25, 0.3) is 0 Å². The third kappa shape index (κ3) is 6.54.